The summed E-state index contributed by atoms with van der Waals surface area (Å²) in [6.45, 7) is 3.70. The molecule has 0 amide bonds. The van der Waals surface area contributed by atoms with Crippen LogP contribution in [0.25, 0.3) is 5.65 Å². The fourth-order valence-corrected chi connectivity index (χ4v) is 1.66. The molecule has 2 heterocycles. The molecule has 0 saturated heterocycles. The quantitative estimate of drug-likeness (QED) is 0.854. The second-order valence-electron chi connectivity index (χ2n) is 4.11. The van der Waals surface area contributed by atoms with Crippen molar-refractivity contribution in [2.75, 3.05) is 6.61 Å². The van der Waals surface area contributed by atoms with E-state index < -0.39 is 0 Å². The Bertz CT molecular complexity index is 509. The molecule has 0 aliphatic heterocycles. The molecule has 0 aliphatic carbocycles. The smallest absolute Gasteiger partial charge is 0.161 e. The molecule has 4 nitrogen and oxygen atoms in total. The van der Waals surface area contributed by atoms with Crippen molar-refractivity contribution in [3.63, 3.8) is 0 Å². The number of aryl methyl sites for hydroxylation is 1. The molecule has 0 fully saturated rings. The third-order valence-corrected chi connectivity index (χ3v) is 2.63. The normalized spacial score (nSPS) is 13.2. The van der Waals surface area contributed by atoms with E-state index in [1.165, 1.54) is 6.20 Å². The molecule has 0 unspecified atom stereocenters. The molecule has 5 heteroatoms. The van der Waals surface area contributed by atoms with Gasteiger partial charge in [-0.25, -0.2) is 4.39 Å². The van der Waals surface area contributed by atoms with Gasteiger partial charge in [0.1, 0.15) is 11.6 Å². The highest BCUT2D eigenvalue weighted by Crippen LogP contribution is 2.15. The summed E-state index contributed by atoms with van der Waals surface area (Å²) in [4.78, 5) is 0. The summed E-state index contributed by atoms with van der Waals surface area (Å²) in [6, 6.07) is 1.68. The average molecular weight is 223 g/mol. The van der Waals surface area contributed by atoms with Gasteiger partial charge in [-0.15, -0.1) is 10.2 Å². The minimum Gasteiger partial charge on any atom is -0.396 e. The molecule has 0 radical (unpaired) electrons. The first-order valence-corrected chi connectivity index (χ1v) is 5.22. The highest BCUT2D eigenvalue weighted by atomic mass is 19.1. The molecule has 0 aliphatic rings. The third kappa shape index (κ3) is 1.90. The van der Waals surface area contributed by atoms with Crippen molar-refractivity contribution in [2.24, 2.45) is 5.92 Å². The molecule has 1 N–H and O–H groups in total. The first-order valence-electron chi connectivity index (χ1n) is 5.22. The fraction of sp³-hybridized carbons (Fsp3) is 0.455. The Kier molecular flexibility index (Phi) is 2.87. The van der Waals surface area contributed by atoms with Crippen LogP contribution in [0.15, 0.2) is 12.3 Å². The monoisotopic (exact) mass is 223 g/mol. The molecule has 2 aromatic rings. The Labute approximate surface area is 92.7 Å². The van der Waals surface area contributed by atoms with Gasteiger partial charge >= 0.3 is 0 Å². The van der Waals surface area contributed by atoms with Crippen LogP contribution in [0.3, 0.4) is 0 Å². The van der Waals surface area contributed by atoms with Crippen LogP contribution in [-0.4, -0.2) is 26.3 Å². The fourth-order valence-electron chi connectivity index (χ4n) is 1.66. The molecule has 2 aromatic heterocycles. The van der Waals surface area contributed by atoms with E-state index in [1.807, 2.05) is 6.92 Å². The zero-order valence-corrected chi connectivity index (χ0v) is 9.31. The molecular formula is C11H14FN3O. The summed E-state index contributed by atoms with van der Waals surface area (Å²) in [5.41, 5.74) is 1.21. The van der Waals surface area contributed by atoms with Crippen LogP contribution in [0.4, 0.5) is 4.39 Å². The van der Waals surface area contributed by atoms with Crippen molar-refractivity contribution >= 4 is 5.65 Å². The van der Waals surface area contributed by atoms with Crippen molar-refractivity contribution in [2.45, 2.75) is 20.3 Å². The summed E-state index contributed by atoms with van der Waals surface area (Å²) in [5, 5.41) is 16.8. The van der Waals surface area contributed by atoms with Crippen LogP contribution in [0.5, 0.6) is 0 Å². The number of nitrogens with zero attached hydrogens (tertiary/aromatic N) is 3. The van der Waals surface area contributed by atoms with Crippen LogP contribution in [0.1, 0.15) is 18.3 Å². The number of rotatable bonds is 3. The summed E-state index contributed by atoms with van der Waals surface area (Å²) >= 11 is 0. The highest BCUT2D eigenvalue weighted by Gasteiger charge is 2.11. The van der Waals surface area contributed by atoms with Crippen LogP contribution in [0, 0.1) is 18.7 Å². The maximum Gasteiger partial charge on any atom is 0.161 e. The Hall–Kier alpha value is -1.49. The van der Waals surface area contributed by atoms with E-state index in [-0.39, 0.29) is 18.3 Å². The molecular weight excluding hydrogens is 209 g/mol. The first-order chi connectivity index (χ1) is 7.61. The summed E-state index contributed by atoms with van der Waals surface area (Å²) < 4.78 is 15.3. The van der Waals surface area contributed by atoms with Gasteiger partial charge in [-0.1, -0.05) is 6.92 Å². The van der Waals surface area contributed by atoms with Gasteiger partial charge in [-0.05, 0) is 30.9 Å². The minimum absolute atomic E-state index is 0.0426. The first kappa shape index (κ1) is 11.0. The van der Waals surface area contributed by atoms with Gasteiger partial charge < -0.3 is 5.11 Å². The molecule has 0 bridgehead atoms. The van der Waals surface area contributed by atoms with Gasteiger partial charge in [0.15, 0.2) is 5.65 Å². The van der Waals surface area contributed by atoms with Gasteiger partial charge in [-0.2, -0.15) is 0 Å². The van der Waals surface area contributed by atoms with E-state index in [0.717, 1.165) is 0 Å². The average Bonchev–Trinajstić information content (AvgIpc) is 2.61. The van der Waals surface area contributed by atoms with E-state index >= 15 is 0 Å². The SMILES string of the molecule is Cc1nnc2cc(C[C@H](C)CO)c(F)cn12. The molecule has 86 valence electrons. The van der Waals surface area contributed by atoms with Crippen molar-refractivity contribution < 1.29 is 9.50 Å². The van der Waals surface area contributed by atoms with E-state index in [0.29, 0.717) is 23.5 Å². The summed E-state index contributed by atoms with van der Waals surface area (Å²) in [5.74, 6) is 0.423. The Morgan fingerprint density at radius 1 is 1.50 bits per heavy atom. The zero-order valence-electron chi connectivity index (χ0n) is 9.31. The number of aliphatic hydroxyl groups excluding tert-OH is 1. The second kappa shape index (κ2) is 4.17. The van der Waals surface area contributed by atoms with E-state index in [9.17, 15) is 4.39 Å². The highest BCUT2D eigenvalue weighted by molar-refractivity contribution is 5.41. The zero-order chi connectivity index (χ0) is 11.7. The summed E-state index contributed by atoms with van der Waals surface area (Å²) in [6.07, 6.45) is 1.90. The number of hydrogen-bond donors (Lipinski definition) is 1. The van der Waals surface area contributed by atoms with Gasteiger partial charge in [0.05, 0.1) is 0 Å². The van der Waals surface area contributed by atoms with Gasteiger partial charge in [0.25, 0.3) is 0 Å². The molecule has 0 aromatic carbocycles. The predicted octanol–water partition coefficient (Wildman–Crippen LogP) is 1.35. The van der Waals surface area contributed by atoms with E-state index in [1.54, 1.807) is 17.4 Å². The van der Waals surface area contributed by atoms with E-state index in [2.05, 4.69) is 10.2 Å². The molecule has 0 saturated carbocycles. The Balaban J connectivity index is 2.42. The maximum atomic E-state index is 13.7. The van der Waals surface area contributed by atoms with Crippen LogP contribution >= 0.6 is 0 Å². The summed E-state index contributed by atoms with van der Waals surface area (Å²) in [7, 11) is 0. The van der Waals surface area contributed by atoms with Crippen molar-refractivity contribution in [3.8, 4) is 0 Å². The largest absolute Gasteiger partial charge is 0.396 e. The number of hydrogen-bond acceptors (Lipinski definition) is 3. The molecule has 1 atom stereocenters. The van der Waals surface area contributed by atoms with E-state index in [4.69, 9.17) is 5.11 Å². The molecule has 16 heavy (non-hydrogen) atoms. The number of halogens is 1. The van der Waals surface area contributed by atoms with Gasteiger partial charge in [-0.3, -0.25) is 4.40 Å². The lowest BCUT2D eigenvalue weighted by molar-refractivity contribution is 0.236. The number of aromatic nitrogens is 3. The second-order valence-corrected chi connectivity index (χ2v) is 4.11. The van der Waals surface area contributed by atoms with Gasteiger partial charge in [0.2, 0.25) is 0 Å². The standard InChI is InChI=1S/C11H14FN3O/c1-7(6-16)3-9-4-11-14-13-8(2)15(11)5-10(9)12/h4-5,7,16H,3,6H2,1-2H3/t7-/m0/s1. The third-order valence-electron chi connectivity index (χ3n) is 2.63. The van der Waals surface area contributed by atoms with Crippen LogP contribution in [-0.2, 0) is 6.42 Å². The Morgan fingerprint density at radius 2 is 2.25 bits per heavy atom. The van der Waals surface area contributed by atoms with Crippen molar-refractivity contribution in [1.82, 2.24) is 14.6 Å². The maximum absolute atomic E-state index is 13.7. The lowest BCUT2D eigenvalue weighted by atomic mass is 10.0. The number of aliphatic hydroxyl groups is 1. The van der Waals surface area contributed by atoms with Crippen LogP contribution in [0.2, 0.25) is 0 Å². The van der Waals surface area contributed by atoms with Crippen LogP contribution < -0.4 is 0 Å². The van der Waals surface area contributed by atoms with Gasteiger partial charge in [0, 0.05) is 12.8 Å². The van der Waals surface area contributed by atoms with Crippen molar-refractivity contribution in [1.29, 1.82) is 0 Å². The predicted molar refractivity (Wildman–Crippen MR) is 57.6 cm³/mol. The lowest BCUT2D eigenvalue weighted by Gasteiger charge is -2.09. The van der Waals surface area contributed by atoms with Crippen molar-refractivity contribution in [3.05, 3.63) is 29.5 Å². The number of fused-ring (bicyclic) bond motifs is 1. The Morgan fingerprint density at radius 3 is 2.94 bits per heavy atom. The number of pyridine rings is 1. The lowest BCUT2D eigenvalue weighted by Crippen LogP contribution is -2.07. The molecule has 0 spiro atoms. The molecule has 2 rings (SSSR count). The topological polar surface area (TPSA) is 50.4 Å². The minimum atomic E-state index is -0.282.